The van der Waals surface area contributed by atoms with Crippen molar-refractivity contribution in [2.24, 2.45) is 22.2 Å². The molecule has 0 aliphatic carbocycles. The van der Waals surface area contributed by atoms with E-state index >= 15 is 0 Å². The molecule has 0 saturated carbocycles. The Morgan fingerprint density at radius 3 is 1.91 bits per heavy atom. The van der Waals surface area contributed by atoms with Crippen LogP contribution in [0.15, 0.2) is 0 Å². The van der Waals surface area contributed by atoms with Crippen molar-refractivity contribution in [2.45, 2.75) is 191 Å². The second kappa shape index (κ2) is 21.3. The summed E-state index contributed by atoms with van der Waals surface area (Å²) in [7, 11) is 0. The van der Waals surface area contributed by atoms with E-state index in [9.17, 15) is 19.5 Å². The second-order valence-electron chi connectivity index (χ2n) is 15.8. The molecule has 0 rings (SSSR count). The number of nitrogens with one attached hydrogen (secondary N) is 1. The van der Waals surface area contributed by atoms with Gasteiger partial charge in [0.05, 0.1) is 12.0 Å². The van der Waals surface area contributed by atoms with Crippen molar-refractivity contribution in [3.05, 3.63) is 0 Å². The maximum absolute atomic E-state index is 13.4. The van der Waals surface area contributed by atoms with E-state index in [2.05, 4.69) is 53.8 Å². The van der Waals surface area contributed by atoms with E-state index in [0.29, 0.717) is 38.0 Å². The number of carbonyl (C=O) groups excluding carboxylic acids is 3. The van der Waals surface area contributed by atoms with Gasteiger partial charge in [0, 0.05) is 18.4 Å². The third-order valence-corrected chi connectivity index (χ3v) is 11.4. The molecule has 0 aliphatic heterocycles. The van der Waals surface area contributed by atoms with Crippen LogP contribution >= 0.6 is 0 Å². The Hall–Kier alpha value is -1.83. The zero-order valence-corrected chi connectivity index (χ0v) is 32.7. The largest absolute Gasteiger partial charge is 0.463 e. The second-order valence-corrected chi connectivity index (χ2v) is 15.8. The third kappa shape index (κ3) is 15.5. The summed E-state index contributed by atoms with van der Waals surface area (Å²) in [6.07, 6.45) is 12.2. The van der Waals surface area contributed by atoms with Gasteiger partial charge in [-0.2, -0.15) is 0 Å². The maximum atomic E-state index is 13.4. The number of hydrogen-bond donors (Lipinski definition) is 2. The Balaban J connectivity index is 4.79. The van der Waals surface area contributed by atoms with Crippen molar-refractivity contribution in [2.75, 3.05) is 19.8 Å². The molecule has 0 aromatic carbocycles. The van der Waals surface area contributed by atoms with Gasteiger partial charge in [-0.1, -0.05) is 101 Å². The topological polar surface area (TPSA) is 111 Å². The van der Waals surface area contributed by atoms with Crippen molar-refractivity contribution >= 4 is 18.0 Å². The molecule has 8 nitrogen and oxygen atoms in total. The lowest BCUT2D eigenvalue weighted by molar-refractivity contribution is -0.170. The Morgan fingerprint density at radius 2 is 1.40 bits per heavy atom. The Morgan fingerprint density at radius 1 is 0.766 bits per heavy atom. The molecular weight excluding hydrogens is 594 g/mol. The molecule has 0 fully saturated rings. The maximum Gasteiger partial charge on any atom is 0.407 e. The van der Waals surface area contributed by atoms with Crippen LogP contribution in [-0.4, -0.2) is 54.1 Å². The summed E-state index contributed by atoms with van der Waals surface area (Å²) >= 11 is 0. The van der Waals surface area contributed by atoms with Gasteiger partial charge in [-0.05, 0) is 83.5 Å². The number of aliphatic hydroxyl groups is 1. The summed E-state index contributed by atoms with van der Waals surface area (Å²) in [6, 6.07) is 0. The quantitative estimate of drug-likeness (QED) is 0.0536. The van der Waals surface area contributed by atoms with Crippen molar-refractivity contribution in [1.82, 2.24) is 5.32 Å². The monoisotopic (exact) mass is 670 g/mol. The summed E-state index contributed by atoms with van der Waals surface area (Å²) in [6.45, 7) is 24.7. The number of unbranched alkanes of at least 4 members (excludes halogenated alkanes) is 3. The molecule has 5 atom stereocenters. The predicted molar refractivity (Wildman–Crippen MR) is 192 cm³/mol. The van der Waals surface area contributed by atoms with Gasteiger partial charge < -0.3 is 24.6 Å². The van der Waals surface area contributed by atoms with Crippen LogP contribution in [0, 0.1) is 22.2 Å². The van der Waals surface area contributed by atoms with Crippen molar-refractivity contribution in [3.8, 4) is 0 Å². The molecular formula is C39H75NO7. The van der Waals surface area contributed by atoms with E-state index in [1.54, 1.807) is 0 Å². The first kappa shape index (κ1) is 45.2. The number of hydrogen-bond acceptors (Lipinski definition) is 7. The van der Waals surface area contributed by atoms with Gasteiger partial charge >= 0.3 is 18.0 Å². The summed E-state index contributed by atoms with van der Waals surface area (Å²) < 4.78 is 17.5. The SMILES string of the molecule is CCCCC(CC)CC(C)(CC)OC(=O)CCCCCC(C)(CC)OC(=O)NCCOC(=O)C(C)(CC(C)(C)CC)C(C)(CC)CO. The molecule has 0 aromatic rings. The smallest absolute Gasteiger partial charge is 0.407 e. The van der Waals surface area contributed by atoms with Crippen LogP contribution in [-0.2, 0) is 23.8 Å². The van der Waals surface area contributed by atoms with E-state index in [1.807, 2.05) is 34.6 Å². The highest BCUT2D eigenvalue weighted by Gasteiger charge is 2.52. The molecule has 2 N–H and O–H groups in total. The first-order valence-electron chi connectivity index (χ1n) is 18.8. The fourth-order valence-corrected chi connectivity index (χ4v) is 6.39. The average Bonchev–Trinajstić information content (AvgIpc) is 3.03. The van der Waals surface area contributed by atoms with Crippen LogP contribution in [0.25, 0.3) is 0 Å². The van der Waals surface area contributed by atoms with Crippen LogP contribution < -0.4 is 5.32 Å². The molecule has 0 aromatic heterocycles. The molecule has 8 heteroatoms. The number of alkyl carbamates (subject to hydrolysis) is 1. The molecule has 47 heavy (non-hydrogen) atoms. The lowest BCUT2D eigenvalue weighted by Crippen LogP contribution is -2.49. The Bertz CT molecular complexity index is 917. The summed E-state index contributed by atoms with van der Waals surface area (Å²) in [5, 5.41) is 13.0. The predicted octanol–water partition coefficient (Wildman–Crippen LogP) is 9.93. The van der Waals surface area contributed by atoms with Gasteiger partial charge in [-0.3, -0.25) is 9.59 Å². The number of carbonyl (C=O) groups is 3. The van der Waals surface area contributed by atoms with Gasteiger partial charge in [0.15, 0.2) is 0 Å². The molecule has 0 bridgehead atoms. The van der Waals surface area contributed by atoms with Crippen LogP contribution in [0.1, 0.15) is 179 Å². The summed E-state index contributed by atoms with van der Waals surface area (Å²) in [5.74, 6) is 0.102. The molecule has 0 radical (unpaired) electrons. The Kier molecular flexibility index (Phi) is 20.5. The third-order valence-electron chi connectivity index (χ3n) is 11.4. The lowest BCUT2D eigenvalue weighted by atomic mass is 9.58. The fraction of sp³-hybridized carbons (Fsp3) is 0.923. The normalized spacial score (nSPS) is 17.7. The van der Waals surface area contributed by atoms with Crippen LogP contribution in [0.5, 0.6) is 0 Å². The first-order chi connectivity index (χ1) is 21.9. The zero-order valence-electron chi connectivity index (χ0n) is 32.7. The van der Waals surface area contributed by atoms with E-state index < -0.39 is 28.1 Å². The lowest BCUT2D eigenvalue weighted by Gasteiger charge is -2.46. The van der Waals surface area contributed by atoms with E-state index in [4.69, 9.17) is 14.2 Å². The first-order valence-corrected chi connectivity index (χ1v) is 18.8. The Labute approximate surface area is 289 Å². The van der Waals surface area contributed by atoms with Gasteiger partial charge in [0.2, 0.25) is 0 Å². The molecule has 0 heterocycles. The fourth-order valence-electron chi connectivity index (χ4n) is 6.39. The van der Waals surface area contributed by atoms with Crippen LogP contribution in [0.4, 0.5) is 4.79 Å². The minimum Gasteiger partial charge on any atom is -0.463 e. The van der Waals surface area contributed by atoms with Gasteiger partial charge in [0.25, 0.3) is 0 Å². The van der Waals surface area contributed by atoms with E-state index in [-0.39, 0.29) is 37.1 Å². The standard InChI is InChI=1S/C39H75NO7/c1-13-19-23-31(14-2)28-38(11,18-6)46-32(42)24-21-20-22-25-37(10,17-5)47-34(44)40-26-27-45-33(43)39(12,29-35(7,8)15-3)36(9,16-4)30-41/h31,41H,13-30H2,1-12H3,(H,40,44). The molecule has 0 spiro atoms. The van der Waals surface area contributed by atoms with Gasteiger partial charge in [-0.15, -0.1) is 0 Å². The van der Waals surface area contributed by atoms with Crippen molar-refractivity contribution in [3.63, 3.8) is 0 Å². The van der Waals surface area contributed by atoms with Crippen LogP contribution in [0.2, 0.25) is 0 Å². The highest BCUT2D eigenvalue weighted by Crippen LogP contribution is 2.50. The molecule has 0 aliphatic rings. The zero-order chi connectivity index (χ0) is 36.4. The number of rotatable bonds is 26. The van der Waals surface area contributed by atoms with Crippen molar-refractivity contribution in [1.29, 1.82) is 0 Å². The molecule has 278 valence electrons. The van der Waals surface area contributed by atoms with E-state index in [0.717, 1.165) is 44.9 Å². The van der Waals surface area contributed by atoms with Gasteiger partial charge in [-0.25, -0.2) is 4.79 Å². The van der Waals surface area contributed by atoms with E-state index in [1.165, 1.54) is 19.3 Å². The summed E-state index contributed by atoms with van der Waals surface area (Å²) in [5.41, 5.74) is -2.65. The number of aliphatic hydroxyl groups excluding tert-OH is 1. The minimum absolute atomic E-state index is 0.0230. The van der Waals surface area contributed by atoms with Gasteiger partial charge in [0.1, 0.15) is 17.8 Å². The van der Waals surface area contributed by atoms with Crippen molar-refractivity contribution < 1.29 is 33.7 Å². The number of ether oxygens (including phenoxy) is 3. The molecule has 0 saturated heterocycles. The highest BCUT2D eigenvalue weighted by atomic mass is 16.6. The summed E-state index contributed by atoms with van der Waals surface area (Å²) in [4.78, 5) is 38.8. The molecule has 5 unspecified atom stereocenters. The highest BCUT2D eigenvalue weighted by molar-refractivity contribution is 5.77. The molecule has 1 amide bonds. The average molecular weight is 670 g/mol. The number of amides is 1. The number of esters is 2. The van der Waals surface area contributed by atoms with Crippen LogP contribution in [0.3, 0.4) is 0 Å². The minimum atomic E-state index is -0.879.